The van der Waals surface area contributed by atoms with Crippen molar-refractivity contribution in [2.24, 2.45) is 5.41 Å². The summed E-state index contributed by atoms with van der Waals surface area (Å²) in [5.74, 6) is 0. The van der Waals surface area contributed by atoms with Gasteiger partial charge in [0.15, 0.2) is 5.13 Å². The summed E-state index contributed by atoms with van der Waals surface area (Å²) < 4.78 is 10.3. The first-order valence-electron chi connectivity index (χ1n) is 5.08. The van der Waals surface area contributed by atoms with Crippen LogP contribution in [0.3, 0.4) is 0 Å². The van der Waals surface area contributed by atoms with Crippen LogP contribution in [-0.2, 0) is 16.1 Å². The maximum Gasteiger partial charge on any atom is 0.185 e. The van der Waals surface area contributed by atoms with E-state index in [9.17, 15) is 0 Å². The number of anilines is 1. The van der Waals surface area contributed by atoms with E-state index in [1.807, 2.05) is 6.20 Å². The largest absolute Gasteiger partial charge is 0.380 e. The molecule has 0 bridgehead atoms. The second-order valence-corrected chi connectivity index (χ2v) is 5.48. The molecule has 0 saturated carbocycles. The highest BCUT2D eigenvalue weighted by Gasteiger charge is 2.49. The predicted octanol–water partition coefficient (Wildman–Crippen LogP) is 1.13. The average Bonchev–Trinajstić information content (AvgIpc) is 2.48. The summed E-state index contributed by atoms with van der Waals surface area (Å²) in [5, 5.41) is 1.12. The lowest BCUT2D eigenvalue weighted by Gasteiger charge is -2.54. The maximum absolute atomic E-state index is 5.24. The van der Waals surface area contributed by atoms with Crippen LogP contribution in [0.2, 0.25) is 0 Å². The van der Waals surface area contributed by atoms with Crippen LogP contribution in [0.15, 0.2) is 6.20 Å². The van der Waals surface area contributed by atoms with E-state index in [0.717, 1.165) is 31.4 Å². The Kier molecular flexibility index (Phi) is 2.19. The molecule has 2 aliphatic rings. The number of methoxy groups -OCH3 is 1. The van der Waals surface area contributed by atoms with Crippen molar-refractivity contribution in [1.29, 1.82) is 0 Å². The van der Waals surface area contributed by atoms with Gasteiger partial charge in [-0.3, -0.25) is 0 Å². The minimum atomic E-state index is 0.465. The molecular formula is C10H14N2O2S. The molecule has 0 aliphatic carbocycles. The zero-order valence-corrected chi connectivity index (χ0v) is 9.55. The van der Waals surface area contributed by atoms with E-state index in [0.29, 0.717) is 12.0 Å². The molecule has 4 nitrogen and oxygen atoms in total. The third-order valence-electron chi connectivity index (χ3n) is 2.97. The molecule has 2 fully saturated rings. The molecule has 0 unspecified atom stereocenters. The topological polar surface area (TPSA) is 34.6 Å². The van der Waals surface area contributed by atoms with Gasteiger partial charge in [0.1, 0.15) is 0 Å². The minimum Gasteiger partial charge on any atom is -0.380 e. The fourth-order valence-corrected chi connectivity index (χ4v) is 3.00. The van der Waals surface area contributed by atoms with Gasteiger partial charge in [-0.1, -0.05) is 11.3 Å². The highest BCUT2D eigenvalue weighted by Crippen LogP contribution is 2.41. The Hall–Kier alpha value is -0.650. The Morgan fingerprint density at radius 1 is 1.60 bits per heavy atom. The number of hydrogen-bond donors (Lipinski definition) is 0. The van der Waals surface area contributed by atoms with Gasteiger partial charge in [0.25, 0.3) is 0 Å². The van der Waals surface area contributed by atoms with Crippen LogP contribution >= 0.6 is 11.3 Å². The molecule has 3 heterocycles. The third kappa shape index (κ3) is 1.55. The molecule has 0 N–H and O–H groups in total. The Labute approximate surface area is 92.8 Å². The van der Waals surface area contributed by atoms with Crippen molar-refractivity contribution in [3.63, 3.8) is 0 Å². The Bertz CT molecular complexity index is 354. The summed E-state index contributed by atoms with van der Waals surface area (Å²) >= 11 is 1.73. The Balaban J connectivity index is 1.62. The van der Waals surface area contributed by atoms with E-state index in [4.69, 9.17) is 9.47 Å². The molecule has 5 heteroatoms. The average molecular weight is 226 g/mol. The quantitative estimate of drug-likeness (QED) is 0.773. The van der Waals surface area contributed by atoms with Crippen molar-refractivity contribution in [2.75, 3.05) is 38.3 Å². The summed E-state index contributed by atoms with van der Waals surface area (Å²) in [5.41, 5.74) is 0.465. The molecule has 1 spiro atoms. The van der Waals surface area contributed by atoms with Crippen molar-refractivity contribution < 1.29 is 9.47 Å². The van der Waals surface area contributed by atoms with Gasteiger partial charge in [0, 0.05) is 26.4 Å². The van der Waals surface area contributed by atoms with Crippen molar-refractivity contribution in [3.8, 4) is 0 Å². The maximum atomic E-state index is 5.24. The molecule has 3 rings (SSSR count). The molecule has 2 saturated heterocycles. The Morgan fingerprint density at radius 3 is 3.00 bits per heavy atom. The lowest BCUT2D eigenvalue weighted by molar-refractivity contribution is -0.127. The van der Waals surface area contributed by atoms with Crippen LogP contribution in [0.1, 0.15) is 4.88 Å². The van der Waals surface area contributed by atoms with Gasteiger partial charge in [0.2, 0.25) is 0 Å². The number of hydrogen-bond acceptors (Lipinski definition) is 5. The fraction of sp³-hybridized carbons (Fsp3) is 0.700. The summed E-state index contributed by atoms with van der Waals surface area (Å²) in [6.45, 7) is 4.74. The third-order valence-corrected chi connectivity index (χ3v) is 4.00. The van der Waals surface area contributed by atoms with E-state index in [-0.39, 0.29) is 0 Å². The number of aromatic nitrogens is 1. The van der Waals surface area contributed by atoms with E-state index in [1.165, 1.54) is 4.88 Å². The van der Waals surface area contributed by atoms with Crippen LogP contribution in [-0.4, -0.2) is 38.4 Å². The molecular weight excluding hydrogens is 212 g/mol. The molecule has 1 aromatic heterocycles. The second-order valence-electron chi connectivity index (χ2n) is 4.39. The first kappa shape index (κ1) is 9.57. The van der Waals surface area contributed by atoms with Gasteiger partial charge >= 0.3 is 0 Å². The van der Waals surface area contributed by atoms with Gasteiger partial charge < -0.3 is 14.4 Å². The summed E-state index contributed by atoms with van der Waals surface area (Å²) in [7, 11) is 1.71. The highest BCUT2D eigenvalue weighted by molar-refractivity contribution is 7.15. The number of ether oxygens (including phenoxy) is 2. The summed E-state index contributed by atoms with van der Waals surface area (Å²) in [6.07, 6.45) is 1.91. The van der Waals surface area contributed by atoms with Crippen LogP contribution in [0, 0.1) is 5.41 Å². The van der Waals surface area contributed by atoms with Gasteiger partial charge in [-0.15, -0.1) is 0 Å². The van der Waals surface area contributed by atoms with Gasteiger partial charge in [-0.25, -0.2) is 4.98 Å². The Morgan fingerprint density at radius 2 is 2.40 bits per heavy atom. The SMILES string of the molecule is COCc1cnc(N2CC3(COC3)C2)s1. The fourth-order valence-electron chi connectivity index (χ4n) is 2.12. The number of nitrogens with zero attached hydrogens (tertiary/aromatic N) is 2. The minimum absolute atomic E-state index is 0.465. The lowest BCUT2D eigenvalue weighted by atomic mass is 9.78. The first-order valence-corrected chi connectivity index (χ1v) is 5.89. The summed E-state index contributed by atoms with van der Waals surface area (Å²) in [4.78, 5) is 7.92. The first-order chi connectivity index (χ1) is 7.31. The van der Waals surface area contributed by atoms with E-state index in [1.54, 1.807) is 18.4 Å². The molecule has 0 amide bonds. The highest BCUT2D eigenvalue weighted by atomic mass is 32.1. The monoisotopic (exact) mass is 226 g/mol. The van der Waals surface area contributed by atoms with Crippen molar-refractivity contribution in [2.45, 2.75) is 6.61 Å². The van der Waals surface area contributed by atoms with Crippen LogP contribution in [0.5, 0.6) is 0 Å². The molecule has 2 aliphatic heterocycles. The molecule has 0 atom stereocenters. The number of rotatable bonds is 3. The molecule has 0 aromatic carbocycles. The normalized spacial score (nSPS) is 22.6. The van der Waals surface area contributed by atoms with Crippen LogP contribution in [0.25, 0.3) is 0 Å². The second kappa shape index (κ2) is 3.43. The molecule has 15 heavy (non-hydrogen) atoms. The standard InChI is InChI=1S/C10H14N2O2S/c1-13-3-8-2-11-9(15-8)12-4-10(5-12)6-14-7-10/h2H,3-7H2,1H3. The molecule has 0 radical (unpaired) electrons. The van der Waals surface area contributed by atoms with Gasteiger partial charge in [-0.2, -0.15) is 0 Å². The van der Waals surface area contributed by atoms with Gasteiger partial charge in [0.05, 0.1) is 30.1 Å². The van der Waals surface area contributed by atoms with Crippen LogP contribution in [0.4, 0.5) is 5.13 Å². The van der Waals surface area contributed by atoms with E-state index >= 15 is 0 Å². The molecule has 82 valence electrons. The summed E-state index contributed by atoms with van der Waals surface area (Å²) in [6, 6.07) is 0. The zero-order chi connectivity index (χ0) is 10.3. The number of thiazole rings is 1. The predicted molar refractivity (Wildman–Crippen MR) is 58.3 cm³/mol. The van der Waals surface area contributed by atoms with E-state index < -0.39 is 0 Å². The molecule has 1 aromatic rings. The van der Waals surface area contributed by atoms with Crippen LogP contribution < -0.4 is 4.90 Å². The van der Waals surface area contributed by atoms with Crippen molar-refractivity contribution in [1.82, 2.24) is 4.98 Å². The smallest absolute Gasteiger partial charge is 0.185 e. The van der Waals surface area contributed by atoms with Crippen molar-refractivity contribution in [3.05, 3.63) is 11.1 Å². The van der Waals surface area contributed by atoms with E-state index in [2.05, 4.69) is 9.88 Å². The zero-order valence-electron chi connectivity index (χ0n) is 8.73. The van der Waals surface area contributed by atoms with Crippen molar-refractivity contribution >= 4 is 16.5 Å². The lowest BCUT2D eigenvalue weighted by Crippen LogP contribution is -2.66. The van der Waals surface area contributed by atoms with Gasteiger partial charge in [-0.05, 0) is 0 Å².